The number of benzene rings is 2. The van der Waals surface area contributed by atoms with E-state index in [9.17, 15) is 5.11 Å². The Morgan fingerprint density at radius 2 is 1.65 bits per heavy atom. The summed E-state index contributed by atoms with van der Waals surface area (Å²) in [6.45, 7) is 0. The van der Waals surface area contributed by atoms with E-state index in [-0.39, 0.29) is 6.10 Å². The van der Waals surface area contributed by atoms with Gasteiger partial charge < -0.3 is 5.11 Å². The van der Waals surface area contributed by atoms with E-state index in [2.05, 4.69) is 48.5 Å². The zero-order valence-corrected chi connectivity index (χ0v) is 11.6. The molecule has 0 saturated carbocycles. The third kappa shape index (κ3) is 1.89. The number of rotatable bonds is 3. The van der Waals surface area contributed by atoms with Gasteiger partial charge in [0.2, 0.25) is 0 Å². The molecule has 0 fully saturated rings. The zero-order chi connectivity index (χ0) is 13.5. The smallest absolute Gasteiger partial charge is 0.0614 e. The summed E-state index contributed by atoms with van der Waals surface area (Å²) in [5, 5.41) is 10.7. The normalized spacial score (nSPS) is 24.6. The molecular formula is C19H20O. The van der Waals surface area contributed by atoms with Crippen LogP contribution < -0.4 is 0 Å². The van der Waals surface area contributed by atoms with Gasteiger partial charge in [-0.1, -0.05) is 48.5 Å². The van der Waals surface area contributed by atoms with E-state index in [4.69, 9.17) is 0 Å². The molecule has 2 aromatic carbocycles. The first-order valence-electron chi connectivity index (χ1n) is 7.66. The first-order valence-corrected chi connectivity index (χ1v) is 7.66. The molecule has 4 rings (SSSR count). The number of hydrogen-bond acceptors (Lipinski definition) is 1. The zero-order valence-electron chi connectivity index (χ0n) is 11.6. The van der Waals surface area contributed by atoms with E-state index in [1.54, 1.807) is 0 Å². The minimum atomic E-state index is -0.197. The Morgan fingerprint density at radius 3 is 2.45 bits per heavy atom. The van der Waals surface area contributed by atoms with Crippen LogP contribution in [-0.2, 0) is 12.8 Å². The van der Waals surface area contributed by atoms with Crippen molar-refractivity contribution in [2.75, 3.05) is 0 Å². The first kappa shape index (κ1) is 12.2. The Bertz CT molecular complexity index is 631. The Morgan fingerprint density at radius 1 is 0.950 bits per heavy atom. The van der Waals surface area contributed by atoms with E-state index >= 15 is 0 Å². The molecule has 0 heterocycles. The van der Waals surface area contributed by atoms with Crippen LogP contribution in [0.1, 0.15) is 46.9 Å². The molecule has 0 aliphatic heterocycles. The highest BCUT2D eigenvalue weighted by Gasteiger charge is 2.33. The summed E-state index contributed by atoms with van der Waals surface area (Å²) in [7, 11) is 0. The molecule has 1 nitrogen and oxygen atoms in total. The van der Waals surface area contributed by atoms with Crippen LogP contribution in [-0.4, -0.2) is 11.2 Å². The summed E-state index contributed by atoms with van der Waals surface area (Å²) in [6.07, 6.45) is 4.09. The molecule has 0 amide bonds. The van der Waals surface area contributed by atoms with Crippen molar-refractivity contribution in [1.82, 2.24) is 0 Å². The minimum Gasteiger partial charge on any atom is -0.392 e. The second-order valence-electron chi connectivity index (χ2n) is 6.25. The van der Waals surface area contributed by atoms with Gasteiger partial charge in [0.15, 0.2) is 0 Å². The van der Waals surface area contributed by atoms with Gasteiger partial charge in [0.1, 0.15) is 0 Å². The molecule has 2 aromatic rings. The number of aliphatic hydroxyl groups is 1. The lowest BCUT2D eigenvalue weighted by Crippen LogP contribution is -2.25. The van der Waals surface area contributed by atoms with Gasteiger partial charge in [0.05, 0.1) is 6.10 Å². The number of aryl methyl sites for hydroxylation is 1. The average Bonchev–Trinajstić information content (AvgIpc) is 2.88. The fourth-order valence-corrected chi connectivity index (χ4v) is 4.02. The van der Waals surface area contributed by atoms with Crippen LogP contribution in [0.3, 0.4) is 0 Å². The van der Waals surface area contributed by atoms with Crippen LogP contribution in [0.4, 0.5) is 0 Å². The monoisotopic (exact) mass is 264 g/mol. The number of fused-ring (bicyclic) bond motifs is 2. The van der Waals surface area contributed by atoms with Crippen LogP contribution in [0.2, 0.25) is 0 Å². The van der Waals surface area contributed by atoms with Gasteiger partial charge in [-0.05, 0) is 53.9 Å². The van der Waals surface area contributed by atoms with Gasteiger partial charge in [-0.15, -0.1) is 0 Å². The molecule has 0 saturated heterocycles. The molecule has 0 bridgehead atoms. The molecule has 20 heavy (non-hydrogen) atoms. The molecule has 2 aliphatic carbocycles. The second kappa shape index (κ2) is 4.75. The highest BCUT2D eigenvalue weighted by molar-refractivity contribution is 5.41. The molecule has 0 spiro atoms. The van der Waals surface area contributed by atoms with Crippen LogP contribution in [0.5, 0.6) is 0 Å². The third-order valence-corrected chi connectivity index (χ3v) is 5.13. The van der Waals surface area contributed by atoms with E-state index in [1.807, 2.05) is 0 Å². The summed E-state index contributed by atoms with van der Waals surface area (Å²) >= 11 is 0. The molecule has 0 radical (unpaired) electrons. The molecular weight excluding hydrogens is 244 g/mol. The van der Waals surface area contributed by atoms with Crippen molar-refractivity contribution in [3.05, 3.63) is 70.8 Å². The summed E-state index contributed by atoms with van der Waals surface area (Å²) < 4.78 is 0. The maximum Gasteiger partial charge on any atom is 0.0614 e. The van der Waals surface area contributed by atoms with Crippen molar-refractivity contribution in [1.29, 1.82) is 0 Å². The summed E-state index contributed by atoms with van der Waals surface area (Å²) in [5.41, 5.74) is 5.74. The van der Waals surface area contributed by atoms with E-state index < -0.39 is 0 Å². The maximum atomic E-state index is 10.7. The Hall–Kier alpha value is -1.60. The maximum absolute atomic E-state index is 10.7. The molecule has 3 atom stereocenters. The minimum absolute atomic E-state index is 0.197. The van der Waals surface area contributed by atoms with Gasteiger partial charge >= 0.3 is 0 Å². The lowest BCUT2D eigenvalue weighted by atomic mass is 9.73. The molecule has 3 unspecified atom stereocenters. The number of hydrogen-bond donors (Lipinski definition) is 1. The molecule has 1 heteroatoms. The van der Waals surface area contributed by atoms with Crippen LogP contribution in [0.25, 0.3) is 0 Å². The van der Waals surface area contributed by atoms with Gasteiger partial charge in [0.25, 0.3) is 0 Å². The fourth-order valence-electron chi connectivity index (χ4n) is 4.02. The van der Waals surface area contributed by atoms with Crippen LogP contribution in [0, 0.1) is 0 Å². The summed E-state index contributed by atoms with van der Waals surface area (Å²) in [4.78, 5) is 0. The third-order valence-electron chi connectivity index (χ3n) is 5.13. The van der Waals surface area contributed by atoms with Crippen molar-refractivity contribution in [3.8, 4) is 0 Å². The lowest BCUT2D eigenvalue weighted by molar-refractivity contribution is 0.121. The highest BCUT2D eigenvalue weighted by Crippen LogP contribution is 2.43. The standard InChI is InChI=1S/C19H20O/c20-19(12-15-11-14-6-2-3-7-16(14)15)18-10-9-13-5-1-4-8-17(13)18/h1-8,15,18-20H,9-12H2. The van der Waals surface area contributed by atoms with Gasteiger partial charge in [-0.3, -0.25) is 0 Å². The summed E-state index contributed by atoms with van der Waals surface area (Å²) in [5.74, 6) is 0.910. The van der Waals surface area contributed by atoms with E-state index in [0.717, 1.165) is 25.7 Å². The molecule has 2 aliphatic rings. The Kier molecular flexibility index (Phi) is 2.89. The summed E-state index contributed by atoms with van der Waals surface area (Å²) in [6, 6.07) is 17.3. The highest BCUT2D eigenvalue weighted by atomic mass is 16.3. The SMILES string of the molecule is OC(CC1Cc2ccccc21)C1CCc2ccccc21. The van der Waals surface area contributed by atoms with Crippen molar-refractivity contribution in [2.24, 2.45) is 0 Å². The van der Waals surface area contributed by atoms with Crippen LogP contribution >= 0.6 is 0 Å². The number of aliphatic hydroxyl groups excluding tert-OH is 1. The van der Waals surface area contributed by atoms with Crippen molar-refractivity contribution >= 4 is 0 Å². The quantitative estimate of drug-likeness (QED) is 0.894. The predicted octanol–water partition coefficient (Wildman–Crippen LogP) is 3.81. The van der Waals surface area contributed by atoms with Crippen molar-refractivity contribution in [3.63, 3.8) is 0 Å². The van der Waals surface area contributed by atoms with Crippen LogP contribution in [0.15, 0.2) is 48.5 Å². The van der Waals surface area contributed by atoms with E-state index in [1.165, 1.54) is 22.3 Å². The average molecular weight is 264 g/mol. The molecule has 102 valence electrons. The van der Waals surface area contributed by atoms with E-state index in [0.29, 0.717) is 11.8 Å². The Labute approximate surface area is 120 Å². The van der Waals surface area contributed by atoms with Gasteiger partial charge in [0, 0.05) is 5.92 Å². The molecule has 0 aromatic heterocycles. The largest absolute Gasteiger partial charge is 0.392 e. The molecule has 1 N–H and O–H groups in total. The van der Waals surface area contributed by atoms with Gasteiger partial charge in [-0.25, -0.2) is 0 Å². The Balaban J connectivity index is 1.49. The predicted molar refractivity (Wildman–Crippen MR) is 81.0 cm³/mol. The topological polar surface area (TPSA) is 20.2 Å². The lowest BCUT2D eigenvalue weighted by Gasteiger charge is -2.33. The van der Waals surface area contributed by atoms with Crippen molar-refractivity contribution < 1.29 is 5.11 Å². The fraction of sp³-hybridized carbons (Fsp3) is 0.368. The van der Waals surface area contributed by atoms with Gasteiger partial charge in [-0.2, -0.15) is 0 Å². The van der Waals surface area contributed by atoms with Crippen molar-refractivity contribution in [2.45, 2.75) is 43.6 Å². The second-order valence-corrected chi connectivity index (χ2v) is 6.25. The first-order chi connectivity index (χ1) is 9.83.